The highest BCUT2D eigenvalue weighted by molar-refractivity contribution is 5.94. The smallest absolute Gasteiger partial charge is 0.340 e. The van der Waals surface area contributed by atoms with Crippen LogP contribution in [-0.2, 0) is 0 Å². The van der Waals surface area contributed by atoms with Gasteiger partial charge in [-0.25, -0.2) is 9.18 Å². The van der Waals surface area contributed by atoms with E-state index < -0.39 is 11.8 Å². The summed E-state index contributed by atoms with van der Waals surface area (Å²) in [4.78, 5) is 13.2. The molecule has 98 valence electrons. The Labute approximate surface area is 106 Å². The summed E-state index contributed by atoms with van der Waals surface area (Å²) in [5.41, 5.74) is 0.274. The molecule has 1 N–H and O–H groups in total. The first-order valence-corrected chi connectivity index (χ1v) is 6.29. The largest absolute Gasteiger partial charge is 0.478 e. The monoisotopic (exact) mass is 251 g/mol. The summed E-state index contributed by atoms with van der Waals surface area (Å²) in [5.74, 6) is -1.25. The normalized spacial score (nSPS) is 14.9. The summed E-state index contributed by atoms with van der Waals surface area (Å²) in [7, 11) is 0. The number of anilines is 1. The van der Waals surface area contributed by atoms with E-state index in [4.69, 9.17) is 5.11 Å². The molecule has 1 aromatic carbocycles. The van der Waals surface area contributed by atoms with Gasteiger partial charge in [-0.1, -0.05) is 6.07 Å². The Morgan fingerprint density at radius 2 is 2.17 bits per heavy atom. The minimum absolute atomic E-state index is 0.158. The Hall–Kier alpha value is -1.58. The molecule has 0 amide bonds. The van der Waals surface area contributed by atoms with E-state index in [0.717, 1.165) is 6.54 Å². The highest BCUT2D eigenvalue weighted by Gasteiger charge is 2.28. The average molecular weight is 251 g/mol. The Bertz CT molecular complexity index is 455. The number of benzene rings is 1. The van der Waals surface area contributed by atoms with E-state index in [1.54, 1.807) is 12.1 Å². The van der Waals surface area contributed by atoms with Crippen LogP contribution in [0.5, 0.6) is 0 Å². The third kappa shape index (κ3) is 2.63. The van der Waals surface area contributed by atoms with Gasteiger partial charge in [-0.05, 0) is 44.7 Å². The van der Waals surface area contributed by atoms with Gasteiger partial charge in [0.05, 0.1) is 5.69 Å². The lowest BCUT2D eigenvalue weighted by Gasteiger charge is -2.30. The maximum Gasteiger partial charge on any atom is 0.340 e. The van der Waals surface area contributed by atoms with Crippen molar-refractivity contribution in [3.63, 3.8) is 0 Å². The molecule has 1 aliphatic carbocycles. The van der Waals surface area contributed by atoms with Gasteiger partial charge in [0.1, 0.15) is 11.4 Å². The Morgan fingerprint density at radius 3 is 2.67 bits per heavy atom. The van der Waals surface area contributed by atoms with Gasteiger partial charge in [-0.15, -0.1) is 0 Å². The SMILES string of the molecule is CC(C)N(CC1CC1)c1cccc(F)c1C(=O)O. The first-order valence-electron chi connectivity index (χ1n) is 6.29. The summed E-state index contributed by atoms with van der Waals surface area (Å²) in [5, 5.41) is 9.16. The summed E-state index contributed by atoms with van der Waals surface area (Å²) in [6.07, 6.45) is 2.36. The van der Waals surface area contributed by atoms with Gasteiger partial charge < -0.3 is 10.0 Å². The number of nitrogens with zero attached hydrogens (tertiary/aromatic N) is 1. The van der Waals surface area contributed by atoms with Gasteiger partial charge in [0.15, 0.2) is 0 Å². The predicted molar refractivity (Wildman–Crippen MR) is 68.6 cm³/mol. The molecule has 4 heteroatoms. The number of carbonyl (C=O) groups is 1. The molecular weight excluding hydrogens is 233 g/mol. The number of hydrogen-bond acceptors (Lipinski definition) is 2. The van der Waals surface area contributed by atoms with E-state index in [1.807, 2.05) is 18.7 Å². The molecule has 0 spiro atoms. The van der Waals surface area contributed by atoms with Crippen LogP contribution in [0.1, 0.15) is 37.0 Å². The number of halogens is 1. The van der Waals surface area contributed by atoms with E-state index in [1.165, 1.54) is 18.9 Å². The van der Waals surface area contributed by atoms with Crippen LogP contribution in [0.2, 0.25) is 0 Å². The van der Waals surface area contributed by atoms with Gasteiger partial charge in [-0.3, -0.25) is 0 Å². The number of hydrogen-bond donors (Lipinski definition) is 1. The van der Waals surface area contributed by atoms with Crippen LogP contribution in [0.25, 0.3) is 0 Å². The third-order valence-electron chi connectivity index (χ3n) is 3.29. The third-order valence-corrected chi connectivity index (χ3v) is 3.29. The van der Waals surface area contributed by atoms with Crippen molar-refractivity contribution in [3.05, 3.63) is 29.6 Å². The highest BCUT2D eigenvalue weighted by Crippen LogP contribution is 2.34. The molecule has 1 aromatic rings. The molecule has 0 heterocycles. The highest BCUT2D eigenvalue weighted by atomic mass is 19.1. The summed E-state index contributed by atoms with van der Waals surface area (Å²) >= 11 is 0. The topological polar surface area (TPSA) is 40.5 Å². The lowest BCUT2D eigenvalue weighted by Crippen LogP contribution is -2.34. The van der Waals surface area contributed by atoms with Gasteiger partial charge in [0, 0.05) is 12.6 Å². The molecule has 1 saturated carbocycles. The van der Waals surface area contributed by atoms with Crippen molar-refractivity contribution >= 4 is 11.7 Å². The Morgan fingerprint density at radius 1 is 1.50 bits per heavy atom. The fraction of sp³-hybridized carbons (Fsp3) is 0.500. The van der Waals surface area contributed by atoms with Crippen LogP contribution in [0, 0.1) is 11.7 Å². The van der Waals surface area contributed by atoms with E-state index in [-0.39, 0.29) is 11.6 Å². The van der Waals surface area contributed by atoms with Crippen molar-refractivity contribution in [2.75, 3.05) is 11.4 Å². The molecule has 0 aliphatic heterocycles. The molecule has 0 radical (unpaired) electrons. The Balaban J connectivity index is 2.39. The maximum absolute atomic E-state index is 13.7. The van der Waals surface area contributed by atoms with Gasteiger partial charge in [0.25, 0.3) is 0 Å². The average Bonchev–Trinajstić information content (AvgIpc) is 3.08. The zero-order chi connectivity index (χ0) is 13.3. The van der Waals surface area contributed by atoms with E-state index >= 15 is 0 Å². The Kier molecular flexibility index (Phi) is 3.55. The lowest BCUT2D eigenvalue weighted by molar-refractivity contribution is 0.0692. The zero-order valence-corrected chi connectivity index (χ0v) is 10.7. The van der Waals surface area contributed by atoms with Crippen molar-refractivity contribution in [2.24, 2.45) is 5.92 Å². The first-order chi connectivity index (χ1) is 8.50. The number of carboxylic acid groups (broad SMARTS) is 1. The predicted octanol–water partition coefficient (Wildman–Crippen LogP) is 3.15. The molecule has 3 nitrogen and oxygen atoms in total. The summed E-state index contributed by atoms with van der Waals surface area (Å²) in [6.45, 7) is 4.80. The van der Waals surface area contributed by atoms with Crippen LogP contribution in [0.15, 0.2) is 18.2 Å². The molecule has 1 aliphatic rings. The standard InChI is InChI=1S/C14H18FNO2/c1-9(2)16(8-10-6-7-10)12-5-3-4-11(15)13(12)14(17)18/h3-5,9-10H,6-8H2,1-2H3,(H,17,18). The van der Waals surface area contributed by atoms with Crippen LogP contribution in [0.4, 0.5) is 10.1 Å². The molecule has 0 saturated heterocycles. The fourth-order valence-electron chi connectivity index (χ4n) is 2.13. The summed E-state index contributed by atoms with van der Waals surface area (Å²) < 4.78 is 13.7. The second kappa shape index (κ2) is 4.96. The maximum atomic E-state index is 13.7. The molecule has 0 unspecified atom stereocenters. The molecule has 0 aromatic heterocycles. The number of carboxylic acids is 1. The van der Waals surface area contributed by atoms with Crippen molar-refractivity contribution in [2.45, 2.75) is 32.7 Å². The van der Waals surface area contributed by atoms with E-state index in [2.05, 4.69) is 0 Å². The van der Waals surface area contributed by atoms with Crippen LogP contribution >= 0.6 is 0 Å². The number of rotatable bonds is 5. The van der Waals surface area contributed by atoms with Gasteiger partial charge in [-0.2, -0.15) is 0 Å². The summed E-state index contributed by atoms with van der Waals surface area (Å²) in [6, 6.07) is 4.61. The van der Waals surface area contributed by atoms with Gasteiger partial charge >= 0.3 is 5.97 Å². The van der Waals surface area contributed by atoms with Crippen molar-refractivity contribution < 1.29 is 14.3 Å². The second-order valence-corrected chi connectivity index (χ2v) is 5.13. The van der Waals surface area contributed by atoms with E-state index in [0.29, 0.717) is 11.6 Å². The number of aromatic carboxylic acids is 1. The fourth-order valence-corrected chi connectivity index (χ4v) is 2.13. The van der Waals surface area contributed by atoms with Crippen molar-refractivity contribution in [1.29, 1.82) is 0 Å². The zero-order valence-electron chi connectivity index (χ0n) is 10.7. The first kappa shape index (κ1) is 12.9. The minimum atomic E-state index is -1.20. The lowest BCUT2D eigenvalue weighted by atomic mass is 10.1. The molecule has 0 bridgehead atoms. The van der Waals surface area contributed by atoms with Gasteiger partial charge in [0.2, 0.25) is 0 Å². The minimum Gasteiger partial charge on any atom is -0.478 e. The van der Waals surface area contributed by atoms with Crippen LogP contribution in [-0.4, -0.2) is 23.7 Å². The van der Waals surface area contributed by atoms with Crippen molar-refractivity contribution in [1.82, 2.24) is 0 Å². The van der Waals surface area contributed by atoms with Crippen LogP contribution < -0.4 is 4.90 Å². The van der Waals surface area contributed by atoms with Crippen molar-refractivity contribution in [3.8, 4) is 0 Å². The molecule has 0 atom stereocenters. The molecular formula is C14H18FNO2. The quantitative estimate of drug-likeness (QED) is 0.874. The molecule has 2 rings (SSSR count). The van der Waals surface area contributed by atoms with E-state index in [9.17, 15) is 9.18 Å². The second-order valence-electron chi connectivity index (χ2n) is 5.13. The molecule has 1 fully saturated rings. The molecule has 18 heavy (non-hydrogen) atoms. The van der Waals surface area contributed by atoms with Crippen LogP contribution in [0.3, 0.4) is 0 Å².